The molecule has 0 radical (unpaired) electrons. The third kappa shape index (κ3) is 10.5. The lowest BCUT2D eigenvalue weighted by atomic mass is 10.1. The van der Waals surface area contributed by atoms with Crippen molar-refractivity contribution >= 4 is 5.84 Å². The van der Waals surface area contributed by atoms with Gasteiger partial charge in [-0.2, -0.15) is 5.26 Å². The van der Waals surface area contributed by atoms with E-state index in [0.717, 1.165) is 18.2 Å². The van der Waals surface area contributed by atoms with Crippen LogP contribution in [-0.2, 0) is 9.47 Å². The number of ether oxygens (including phenoxy) is 2. The van der Waals surface area contributed by atoms with Gasteiger partial charge in [-0.25, -0.2) is 5.90 Å². The molecule has 2 atom stereocenters. The Labute approximate surface area is 177 Å². The van der Waals surface area contributed by atoms with E-state index in [9.17, 15) is 0 Å². The molecule has 0 saturated carbocycles. The molecule has 0 aliphatic rings. The summed E-state index contributed by atoms with van der Waals surface area (Å²) in [5.41, 5.74) is 8.87. The Bertz CT molecular complexity index is 778. The second kappa shape index (κ2) is 18.1. The predicted octanol–water partition coefficient (Wildman–Crippen LogP) is 2.70. The van der Waals surface area contributed by atoms with E-state index in [1.165, 1.54) is 0 Å². The Morgan fingerprint density at radius 3 is 1.87 bits per heavy atom. The second-order valence-electron chi connectivity index (χ2n) is 5.60. The summed E-state index contributed by atoms with van der Waals surface area (Å²) in [5.74, 6) is 3.61. The molecule has 0 heterocycles. The Morgan fingerprint density at radius 2 is 1.43 bits per heavy atom. The van der Waals surface area contributed by atoms with Gasteiger partial charge in [0.15, 0.2) is 5.84 Å². The number of oxime groups is 1. The summed E-state index contributed by atoms with van der Waals surface area (Å²) in [6.45, 7) is 3.89. The highest BCUT2D eigenvalue weighted by Gasteiger charge is 2.06. The standard InChI is InChI=1S/C10H14N2O2.C10H11NO.CH4O.H3NO/c1-7(14-2)8-4-3-5-9(6-8)10(11)12-13;1-8(12-2)10-5-3-4-9(6-10)7-11;2*1-2/h3-7,13H,1-2H3,(H2,11,12);3-6,8H,1-2H3;2H,1H3;2H,1H2. The van der Waals surface area contributed by atoms with Gasteiger partial charge in [-0.15, -0.1) is 0 Å². The number of aliphatic hydroxyl groups excluding tert-OH is 1. The number of nitrogens with two attached hydrogens (primary N) is 2. The maximum atomic E-state index is 8.63. The first-order chi connectivity index (χ1) is 14.5. The molecule has 0 fully saturated rings. The highest BCUT2D eigenvalue weighted by atomic mass is 16.5. The molecule has 2 aromatic rings. The highest BCUT2D eigenvalue weighted by molar-refractivity contribution is 5.97. The first-order valence-electron chi connectivity index (χ1n) is 8.80. The molecule has 0 spiro atoms. The Hall–Kier alpha value is -3.00. The number of nitriles is 1. The fraction of sp³-hybridized carbons (Fsp3) is 0.333. The number of aliphatic hydroxyl groups is 1. The van der Waals surface area contributed by atoms with E-state index in [4.69, 9.17) is 36.0 Å². The Kier molecular flexibility index (Phi) is 17.6. The third-order valence-electron chi connectivity index (χ3n) is 3.95. The molecule has 0 aliphatic carbocycles. The zero-order valence-corrected chi connectivity index (χ0v) is 18.0. The number of hydrogen-bond acceptors (Lipinski definition) is 8. The molecule has 166 valence electrons. The summed E-state index contributed by atoms with van der Waals surface area (Å²) in [7, 11) is 4.30. The van der Waals surface area contributed by atoms with Crippen molar-refractivity contribution < 1.29 is 25.0 Å². The summed E-state index contributed by atoms with van der Waals surface area (Å²) in [6, 6.07) is 16.9. The Balaban J connectivity index is 0. The molecule has 0 aromatic heterocycles. The quantitative estimate of drug-likeness (QED) is 0.213. The second-order valence-corrected chi connectivity index (χ2v) is 5.60. The van der Waals surface area contributed by atoms with Crippen LogP contribution in [0.25, 0.3) is 0 Å². The van der Waals surface area contributed by atoms with Gasteiger partial charge >= 0.3 is 0 Å². The van der Waals surface area contributed by atoms with Crippen LogP contribution in [0.1, 0.15) is 48.3 Å². The number of rotatable bonds is 5. The van der Waals surface area contributed by atoms with Crippen molar-refractivity contribution in [2.24, 2.45) is 16.8 Å². The van der Waals surface area contributed by atoms with Crippen molar-refractivity contribution in [2.45, 2.75) is 26.1 Å². The van der Waals surface area contributed by atoms with Crippen LogP contribution >= 0.6 is 0 Å². The van der Waals surface area contributed by atoms with Gasteiger partial charge in [-0.3, -0.25) is 0 Å². The normalized spacial score (nSPS) is 11.8. The van der Waals surface area contributed by atoms with E-state index < -0.39 is 0 Å². The van der Waals surface area contributed by atoms with Crippen LogP contribution in [0.3, 0.4) is 0 Å². The lowest BCUT2D eigenvalue weighted by molar-refractivity contribution is 0.119. The van der Waals surface area contributed by atoms with Crippen LogP contribution in [0.2, 0.25) is 0 Å². The molecule has 30 heavy (non-hydrogen) atoms. The molecule has 0 bridgehead atoms. The monoisotopic (exact) mass is 420 g/mol. The first-order valence-corrected chi connectivity index (χ1v) is 8.80. The number of nitrogens with zero attached hydrogens (tertiary/aromatic N) is 2. The molecule has 0 amide bonds. The first kappa shape index (κ1) is 29.2. The molecule has 9 nitrogen and oxygen atoms in total. The molecule has 9 heteroatoms. The molecular weight excluding hydrogens is 388 g/mol. The van der Waals surface area contributed by atoms with Gasteiger partial charge in [0.2, 0.25) is 0 Å². The van der Waals surface area contributed by atoms with Crippen LogP contribution in [-0.4, -0.2) is 42.7 Å². The minimum Gasteiger partial charge on any atom is -0.409 e. The van der Waals surface area contributed by atoms with Crippen LogP contribution in [0.4, 0.5) is 0 Å². The van der Waals surface area contributed by atoms with Gasteiger partial charge in [0.1, 0.15) is 0 Å². The van der Waals surface area contributed by atoms with Gasteiger partial charge < -0.3 is 30.7 Å². The average molecular weight is 421 g/mol. The number of amidine groups is 1. The summed E-state index contributed by atoms with van der Waals surface area (Å²) in [5, 5.41) is 33.6. The summed E-state index contributed by atoms with van der Waals surface area (Å²) >= 11 is 0. The minimum atomic E-state index is 0.00134. The van der Waals surface area contributed by atoms with E-state index in [1.807, 2.05) is 50.2 Å². The van der Waals surface area contributed by atoms with E-state index in [2.05, 4.69) is 17.1 Å². The van der Waals surface area contributed by atoms with Crippen molar-refractivity contribution in [2.75, 3.05) is 21.3 Å². The SMILES string of the molecule is CO.COC(C)c1cccc(/C(N)=N\O)c1.COC(C)c1cccc(C#N)c1.NO. The van der Waals surface area contributed by atoms with Crippen molar-refractivity contribution in [1.82, 2.24) is 0 Å². The Morgan fingerprint density at radius 1 is 0.967 bits per heavy atom. The zero-order chi connectivity index (χ0) is 23.5. The molecule has 7 N–H and O–H groups in total. The zero-order valence-electron chi connectivity index (χ0n) is 18.0. The maximum absolute atomic E-state index is 8.63. The smallest absolute Gasteiger partial charge is 0.170 e. The van der Waals surface area contributed by atoms with Crippen molar-refractivity contribution in [3.63, 3.8) is 0 Å². The lowest BCUT2D eigenvalue weighted by Gasteiger charge is -2.10. The summed E-state index contributed by atoms with van der Waals surface area (Å²) < 4.78 is 10.3. The lowest BCUT2D eigenvalue weighted by Crippen LogP contribution is -2.13. The van der Waals surface area contributed by atoms with Crippen LogP contribution in [0.5, 0.6) is 0 Å². The number of hydrogen-bond donors (Lipinski definition) is 5. The fourth-order valence-electron chi connectivity index (χ4n) is 2.14. The van der Waals surface area contributed by atoms with Gasteiger partial charge in [-0.1, -0.05) is 35.5 Å². The maximum Gasteiger partial charge on any atom is 0.170 e. The van der Waals surface area contributed by atoms with Gasteiger partial charge in [0, 0.05) is 26.9 Å². The summed E-state index contributed by atoms with van der Waals surface area (Å²) in [4.78, 5) is 0. The van der Waals surface area contributed by atoms with Crippen LogP contribution in [0, 0.1) is 11.3 Å². The molecule has 0 aliphatic heterocycles. The molecule has 2 unspecified atom stereocenters. The van der Waals surface area contributed by atoms with E-state index in [1.54, 1.807) is 26.4 Å². The fourth-order valence-corrected chi connectivity index (χ4v) is 2.14. The van der Waals surface area contributed by atoms with Gasteiger partial charge in [-0.05, 0) is 43.2 Å². The number of methoxy groups -OCH3 is 2. The van der Waals surface area contributed by atoms with E-state index in [0.29, 0.717) is 11.1 Å². The molecule has 2 aromatic carbocycles. The minimum absolute atomic E-state index is 0.00134. The molecule has 0 saturated heterocycles. The summed E-state index contributed by atoms with van der Waals surface area (Å²) in [6.07, 6.45) is 0.0553. The molecule has 2 rings (SSSR count). The van der Waals surface area contributed by atoms with Crippen molar-refractivity contribution in [3.05, 3.63) is 70.8 Å². The number of benzene rings is 2. The average Bonchev–Trinajstić information content (AvgIpc) is 2.85. The van der Waals surface area contributed by atoms with E-state index in [-0.39, 0.29) is 18.0 Å². The molecular formula is C21H32N4O5. The van der Waals surface area contributed by atoms with Crippen LogP contribution < -0.4 is 11.6 Å². The van der Waals surface area contributed by atoms with Gasteiger partial charge in [0.25, 0.3) is 0 Å². The largest absolute Gasteiger partial charge is 0.409 e. The van der Waals surface area contributed by atoms with Gasteiger partial charge in [0.05, 0.1) is 23.8 Å². The van der Waals surface area contributed by atoms with Crippen LogP contribution in [0.15, 0.2) is 53.7 Å². The predicted molar refractivity (Wildman–Crippen MR) is 115 cm³/mol. The highest BCUT2D eigenvalue weighted by Crippen LogP contribution is 2.17. The third-order valence-corrected chi connectivity index (χ3v) is 3.95. The van der Waals surface area contributed by atoms with Crippen molar-refractivity contribution in [1.29, 1.82) is 5.26 Å². The van der Waals surface area contributed by atoms with E-state index >= 15 is 0 Å². The topological polar surface area (TPSA) is 167 Å². The van der Waals surface area contributed by atoms with Crippen molar-refractivity contribution in [3.8, 4) is 6.07 Å².